The molecule has 21 heavy (non-hydrogen) atoms. The van der Waals surface area contributed by atoms with E-state index in [0.717, 1.165) is 0 Å². The highest BCUT2D eigenvalue weighted by Crippen LogP contribution is 2.39. The van der Waals surface area contributed by atoms with Gasteiger partial charge >= 0.3 is 12.4 Å². The number of nitrogens with two attached hydrogens (primary N) is 1. The Morgan fingerprint density at radius 2 is 1.67 bits per heavy atom. The number of halogens is 6. The van der Waals surface area contributed by atoms with Crippen molar-refractivity contribution in [2.75, 3.05) is 6.61 Å². The summed E-state index contributed by atoms with van der Waals surface area (Å²) in [7, 11) is 0. The number of fused-ring (bicyclic) bond motifs is 1. The monoisotopic (exact) mass is 315 g/mol. The molecule has 0 radical (unpaired) electrons. The molecule has 0 spiro atoms. The zero-order valence-corrected chi connectivity index (χ0v) is 10.4. The molecule has 2 unspecified atom stereocenters. The second-order valence-electron chi connectivity index (χ2n) is 4.51. The largest absolute Gasteiger partial charge is 0.490 e. The van der Waals surface area contributed by atoms with Crippen LogP contribution in [0, 0.1) is 0 Å². The number of benzene rings is 1. The zero-order chi connectivity index (χ0) is 15.8. The fraction of sp³-hybridized carbons (Fsp3) is 0.500. The lowest BCUT2D eigenvalue weighted by atomic mass is 9.99. The van der Waals surface area contributed by atoms with Gasteiger partial charge in [-0.3, -0.25) is 0 Å². The third-order valence-corrected chi connectivity index (χ3v) is 2.99. The van der Waals surface area contributed by atoms with Crippen molar-refractivity contribution in [2.45, 2.75) is 30.6 Å². The van der Waals surface area contributed by atoms with E-state index in [-0.39, 0.29) is 0 Å². The summed E-state index contributed by atoms with van der Waals surface area (Å²) in [5.74, 6) is 0.320. The Hall–Kier alpha value is -1.48. The van der Waals surface area contributed by atoms with Crippen LogP contribution in [-0.2, 0) is 4.74 Å². The van der Waals surface area contributed by atoms with E-state index >= 15 is 0 Å². The Balaban J connectivity index is 2.20. The van der Waals surface area contributed by atoms with Crippen LogP contribution in [0.5, 0.6) is 5.75 Å². The molecule has 118 valence electrons. The highest BCUT2D eigenvalue weighted by Gasteiger charge is 2.59. The van der Waals surface area contributed by atoms with Crippen molar-refractivity contribution in [3.05, 3.63) is 29.8 Å². The van der Waals surface area contributed by atoms with E-state index in [1.807, 2.05) is 0 Å². The van der Waals surface area contributed by atoms with Crippen LogP contribution < -0.4 is 10.5 Å². The zero-order valence-electron chi connectivity index (χ0n) is 10.4. The van der Waals surface area contributed by atoms with Crippen molar-refractivity contribution in [3.63, 3.8) is 0 Å². The first-order valence-corrected chi connectivity index (χ1v) is 5.87. The van der Waals surface area contributed by atoms with Gasteiger partial charge in [0.1, 0.15) is 18.5 Å². The van der Waals surface area contributed by atoms with Crippen LogP contribution in [0.3, 0.4) is 0 Å². The number of rotatable bonds is 2. The standard InChI is InChI=1S/C12H11F6NO2/c13-11(14,15)10(12(16,17)18)21-8-5-20-7-4-2-1-3-6(7)9(8)19/h1-4,8-10H,5,19H2. The van der Waals surface area contributed by atoms with Crippen LogP contribution in [0.4, 0.5) is 26.3 Å². The maximum Gasteiger partial charge on any atom is 0.423 e. The SMILES string of the molecule is NC1c2ccccc2OCC1OC(C(F)(F)F)C(F)(F)F. The Kier molecular flexibility index (Phi) is 4.07. The van der Waals surface area contributed by atoms with Crippen LogP contribution in [-0.4, -0.2) is 31.2 Å². The van der Waals surface area contributed by atoms with Gasteiger partial charge in [-0.15, -0.1) is 0 Å². The molecular formula is C12H11F6NO2. The topological polar surface area (TPSA) is 44.5 Å². The average Bonchev–Trinajstić information content (AvgIpc) is 2.35. The fourth-order valence-corrected chi connectivity index (χ4v) is 2.00. The van der Waals surface area contributed by atoms with Crippen molar-refractivity contribution in [3.8, 4) is 5.75 Å². The quantitative estimate of drug-likeness (QED) is 0.854. The molecule has 0 aromatic heterocycles. The molecular weight excluding hydrogens is 304 g/mol. The van der Waals surface area contributed by atoms with Gasteiger partial charge in [0.2, 0.25) is 6.10 Å². The second kappa shape index (κ2) is 5.38. The lowest BCUT2D eigenvalue weighted by molar-refractivity contribution is -0.334. The number of hydrogen-bond donors (Lipinski definition) is 1. The lowest BCUT2D eigenvalue weighted by Crippen LogP contribution is -2.50. The van der Waals surface area contributed by atoms with E-state index in [9.17, 15) is 26.3 Å². The Labute approximate surface area is 115 Å². The molecule has 1 aliphatic rings. The molecule has 1 heterocycles. The fourth-order valence-electron chi connectivity index (χ4n) is 2.00. The Bertz CT molecular complexity index is 487. The van der Waals surface area contributed by atoms with E-state index in [4.69, 9.17) is 10.5 Å². The van der Waals surface area contributed by atoms with Gasteiger partial charge in [-0.25, -0.2) is 0 Å². The Morgan fingerprint density at radius 1 is 1.10 bits per heavy atom. The van der Waals surface area contributed by atoms with Crippen LogP contribution in [0.1, 0.15) is 11.6 Å². The first-order valence-electron chi connectivity index (χ1n) is 5.87. The van der Waals surface area contributed by atoms with E-state index in [0.29, 0.717) is 11.3 Å². The molecule has 1 aromatic carbocycles. The second-order valence-corrected chi connectivity index (χ2v) is 4.51. The molecule has 2 atom stereocenters. The molecule has 0 bridgehead atoms. The van der Waals surface area contributed by atoms with Crippen LogP contribution in [0.15, 0.2) is 24.3 Å². The lowest BCUT2D eigenvalue weighted by Gasteiger charge is -2.34. The van der Waals surface area contributed by atoms with Crippen LogP contribution in [0.2, 0.25) is 0 Å². The first-order chi connectivity index (χ1) is 9.60. The van der Waals surface area contributed by atoms with E-state index in [1.165, 1.54) is 12.1 Å². The molecule has 2 rings (SSSR count). The molecule has 1 aliphatic heterocycles. The maximum atomic E-state index is 12.5. The van der Waals surface area contributed by atoms with Gasteiger partial charge in [0.15, 0.2) is 0 Å². The molecule has 0 fully saturated rings. The highest BCUT2D eigenvalue weighted by atomic mass is 19.4. The van der Waals surface area contributed by atoms with Crippen LogP contribution >= 0.6 is 0 Å². The highest BCUT2D eigenvalue weighted by molar-refractivity contribution is 5.38. The number of alkyl halides is 6. The summed E-state index contributed by atoms with van der Waals surface area (Å²) in [6.45, 7) is -0.485. The third-order valence-electron chi connectivity index (χ3n) is 2.99. The predicted octanol–water partition coefficient (Wildman–Crippen LogP) is 2.96. The maximum absolute atomic E-state index is 12.5. The molecule has 0 aliphatic carbocycles. The van der Waals surface area contributed by atoms with Gasteiger partial charge < -0.3 is 15.2 Å². The summed E-state index contributed by atoms with van der Waals surface area (Å²) >= 11 is 0. The molecule has 0 saturated heterocycles. The van der Waals surface area contributed by atoms with Gasteiger partial charge in [0, 0.05) is 5.56 Å². The molecule has 2 N–H and O–H groups in total. The minimum absolute atomic E-state index is 0.303. The van der Waals surface area contributed by atoms with Gasteiger partial charge in [0.25, 0.3) is 0 Å². The number of hydrogen-bond acceptors (Lipinski definition) is 3. The first kappa shape index (κ1) is 15.9. The summed E-state index contributed by atoms with van der Waals surface area (Å²) in [5, 5.41) is 0. The number of para-hydroxylation sites is 1. The third kappa shape index (κ3) is 3.41. The minimum atomic E-state index is -5.57. The summed E-state index contributed by atoms with van der Waals surface area (Å²) in [6.07, 6.45) is -16.6. The summed E-state index contributed by atoms with van der Waals surface area (Å²) < 4.78 is 84.1. The smallest absolute Gasteiger partial charge is 0.423 e. The van der Waals surface area contributed by atoms with Gasteiger partial charge in [-0.2, -0.15) is 26.3 Å². The predicted molar refractivity (Wildman–Crippen MR) is 59.6 cm³/mol. The van der Waals surface area contributed by atoms with Crippen molar-refractivity contribution in [2.24, 2.45) is 5.73 Å². The molecule has 3 nitrogen and oxygen atoms in total. The van der Waals surface area contributed by atoms with Crippen molar-refractivity contribution in [1.82, 2.24) is 0 Å². The van der Waals surface area contributed by atoms with Crippen molar-refractivity contribution >= 4 is 0 Å². The minimum Gasteiger partial charge on any atom is -0.490 e. The number of ether oxygens (including phenoxy) is 2. The van der Waals surface area contributed by atoms with E-state index in [2.05, 4.69) is 4.74 Å². The normalized spacial score (nSPS) is 22.9. The average molecular weight is 315 g/mol. The van der Waals surface area contributed by atoms with Gasteiger partial charge in [-0.1, -0.05) is 18.2 Å². The summed E-state index contributed by atoms with van der Waals surface area (Å²) in [4.78, 5) is 0. The Morgan fingerprint density at radius 3 is 2.24 bits per heavy atom. The van der Waals surface area contributed by atoms with Gasteiger partial charge in [0.05, 0.1) is 6.04 Å². The molecule has 0 amide bonds. The van der Waals surface area contributed by atoms with Crippen molar-refractivity contribution in [1.29, 1.82) is 0 Å². The van der Waals surface area contributed by atoms with Crippen molar-refractivity contribution < 1.29 is 35.8 Å². The summed E-state index contributed by atoms with van der Waals surface area (Å²) in [5.41, 5.74) is 5.99. The van der Waals surface area contributed by atoms with E-state index < -0.39 is 37.2 Å². The molecule has 0 saturated carbocycles. The molecule has 1 aromatic rings. The van der Waals surface area contributed by atoms with E-state index in [1.54, 1.807) is 12.1 Å². The molecule has 9 heteroatoms. The van der Waals surface area contributed by atoms with Crippen LogP contribution in [0.25, 0.3) is 0 Å². The summed E-state index contributed by atoms with van der Waals surface area (Å²) in [6, 6.07) is 5.01. The van der Waals surface area contributed by atoms with Gasteiger partial charge in [-0.05, 0) is 6.07 Å².